The zero-order valence-corrected chi connectivity index (χ0v) is 11.2. The fourth-order valence-corrected chi connectivity index (χ4v) is 1.57. The van der Waals surface area contributed by atoms with Crippen molar-refractivity contribution in [1.29, 1.82) is 0 Å². The number of carbonyl (C=O) groups is 2. The number of aliphatic hydroxyl groups is 1. The van der Waals surface area contributed by atoms with Crippen LogP contribution >= 0.6 is 11.6 Å². The van der Waals surface area contributed by atoms with Crippen molar-refractivity contribution >= 4 is 23.5 Å². The molecule has 0 heterocycles. The van der Waals surface area contributed by atoms with E-state index in [4.69, 9.17) is 21.4 Å². The molecule has 1 unspecified atom stereocenters. The molecule has 1 aromatic rings. The lowest BCUT2D eigenvalue weighted by Crippen LogP contribution is -2.44. The molecule has 1 aromatic carbocycles. The van der Waals surface area contributed by atoms with Crippen LogP contribution in [0.1, 0.15) is 10.4 Å². The molecule has 104 valence electrons. The van der Waals surface area contributed by atoms with Crippen LogP contribution in [-0.4, -0.2) is 43.9 Å². The van der Waals surface area contributed by atoms with Crippen LogP contribution in [0.5, 0.6) is 5.75 Å². The van der Waals surface area contributed by atoms with Gasteiger partial charge in [-0.15, -0.1) is 0 Å². The van der Waals surface area contributed by atoms with Gasteiger partial charge in [0.05, 0.1) is 26.4 Å². The quantitative estimate of drug-likeness (QED) is 0.775. The Kier molecular flexibility index (Phi) is 5.59. The number of carbonyl (C=O) groups excluding carboxylic acids is 2. The van der Waals surface area contributed by atoms with Gasteiger partial charge in [-0.25, -0.2) is 4.79 Å². The van der Waals surface area contributed by atoms with Gasteiger partial charge in [0.2, 0.25) is 0 Å². The molecule has 0 saturated heterocycles. The highest BCUT2D eigenvalue weighted by Crippen LogP contribution is 2.23. The van der Waals surface area contributed by atoms with Crippen LogP contribution in [0.25, 0.3) is 0 Å². The fourth-order valence-electron chi connectivity index (χ4n) is 1.41. The Morgan fingerprint density at radius 1 is 1.42 bits per heavy atom. The Labute approximate surface area is 115 Å². The minimum absolute atomic E-state index is 0.203. The predicted molar refractivity (Wildman–Crippen MR) is 68.4 cm³/mol. The summed E-state index contributed by atoms with van der Waals surface area (Å²) >= 11 is 5.78. The molecule has 0 aliphatic heterocycles. The molecule has 0 aliphatic carbocycles. The molecule has 19 heavy (non-hydrogen) atoms. The molecule has 0 bridgehead atoms. The summed E-state index contributed by atoms with van der Waals surface area (Å²) in [6.45, 7) is -0.561. The Bertz CT molecular complexity index is 477. The molecular formula is C12H14ClNO5. The Morgan fingerprint density at radius 2 is 2.11 bits per heavy atom. The van der Waals surface area contributed by atoms with Gasteiger partial charge in [-0.2, -0.15) is 0 Å². The van der Waals surface area contributed by atoms with E-state index in [-0.39, 0.29) is 11.3 Å². The molecule has 2 N–H and O–H groups in total. The predicted octanol–water partition coefficient (Wildman–Crippen LogP) is 0.612. The van der Waals surface area contributed by atoms with Crippen molar-refractivity contribution < 1.29 is 24.2 Å². The van der Waals surface area contributed by atoms with Gasteiger partial charge in [-0.1, -0.05) is 11.6 Å². The van der Waals surface area contributed by atoms with Gasteiger partial charge >= 0.3 is 5.97 Å². The van der Waals surface area contributed by atoms with Gasteiger partial charge < -0.3 is 19.9 Å². The average Bonchev–Trinajstić information content (AvgIpc) is 2.43. The molecule has 0 aliphatic rings. The van der Waals surface area contributed by atoms with Crippen molar-refractivity contribution in [3.8, 4) is 5.75 Å². The Morgan fingerprint density at radius 3 is 2.63 bits per heavy atom. The lowest BCUT2D eigenvalue weighted by Gasteiger charge is -2.15. The first-order chi connectivity index (χ1) is 9.03. The highest BCUT2D eigenvalue weighted by Gasteiger charge is 2.22. The summed E-state index contributed by atoms with van der Waals surface area (Å²) in [6, 6.07) is 3.33. The van der Waals surface area contributed by atoms with Gasteiger partial charge in [0, 0.05) is 5.02 Å². The molecule has 1 atom stereocenters. The smallest absolute Gasteiger partial charge is 0.330 e. The normalized spacial score (nSPS) is 11.6. The molecule has 0 saturated carbocycles. The van der Waals surface area contributed by atoms with Crippen LogP contribution < -0.4 is 10.1 Å². The number of halogens is 1. The van der Waals surface area contributed by atoms with Crippen molar-refractivity contribution in [2.75, 3.05) is 20.8 Å². The number of benzene rings is 1. The summed E-state index contributed by atoms with van der Waals surface area (Å²) in [5, 5.41) is 11.8. The van der Waals surface area contributed by atoms with Crippen molar-refractivity contribution in [2.24, 2.45) is 0 Å². The summed E-state index contributed by atoms with van der Waals surface area (Å²) in [4.78, 5) is 23.2. The minimum Gasteiger partial charge on any atom is -0.496 e. The van der Waals surface area contributed by atoms with Crippen LogP contribution in [-0.2, 0) is 9.53 Å². The number of rotatable bonds is 5. The molecule has 0 spiro atoms. The third-order valence-corrected chi connectivity index (χ3v) is 2.62. The fraction of sp³-hybridized carbons (Fsp3) is 0.333. The SMILES string of the molecule is COC(=O)C(CO)NC(=O)c1ccc(Cl)cc1OC. The Balaban J connectivity index is 2.91. The summed E-state index contributed by atoms with van der Waals surface area (Å²) in [5.41, 5.74) is 0.203. The minimum atomic E-state index is -1.13. The third-order valence-electron chi connectivity index (χ3n) is 2.38. The number of esters is 1. The maximum atomic E-state index is 12.0. The second-order valence-corrected chi connectivity index (χ2v) is 4.01. The topological polar surface area (TPSA) is 84.9 Å². The summed E-state index contributed by atoms with van der Waals surface area (Å²) in [7, 11) is 2.56. The highest BCUT2D eigenvalue weighted by atomic mass is 35.5. The average molecular weight is 288 g/mol. The number of hydrogen-bond donors (Lipinski definition) is 2. The number of methoxy groups -OCH3 is 2. The van der Waals surface area contributed by atoms with Crippen molar-refractivity contribution in [2.45, 2.75) is 6.04 Å². The summed E-state index contributed by atoms with van der Waals surface area (Å²) in [5.74, 6) is -1.03. The number of ether oxygens (including phenoxy) is 2. The van der Waals surface area contributed by atoms with E-state index in [0.717, 1.165) is 0 Å². The van der Waals surface area contributed by atoms with Crippen LogP contribution in [0.3, 0.4) is 0 Å². The number of hydrogen-bond acceptors (Lipinski definition) is 5. The van der Waals surface area contributed by atoms with Crippen LogP contribution in [0.2, 0.25) is 5.02 Å². The molecule has 0 aromatic heterocycles. The van der Waals surface area contributed by atoms with Crippen LogP contribution in [0.4, 0.5) is 0 Å². The van der Waals surface area contributed by atoms with Crippen molar-refractivity contribution in [3.63, 3.8) is 0 Å². The Hall–Kier alpha value is -1.79. The van der Waals surface area contributed by atoms with E-state index >= 15 is 0 Å². The maximum absolute atomic E-state index is 12.0. The number of aliphatic hydroxyl groups excluding tert-OH is 1. The lowest BCUT2D eigenvalue weighted by atomic mass is 10.1. The van der Waals surface area contributed by atoms with Gasteiger partial charge in [-0.05, 0) is 18.2 Å². The van der Waals surface area contributed by atoms with Crippen LogP contribution in [0, 0.1) is 0 Å². The van der Waals surface area contributed by atoms with Crippen molar-refractivity contribution in [3.05, 3.63) is 28.8 Å². The monoisotopic (exact) mass is 287 g/mol. The van der Waals surface area contributed by atoms with Gasteiger partial charge in [-0.3, -0.25) is 4.79 Å². The molecule has 0 fully saturated rings. The maximum Gasteiger partial charge on any atom is 0.330 e. The van der Waals surface area contributed by atoms with E-state index in [2.05, 4.69) is 10.1 Å². The van der Waals surface area contributed by atoms with E-state index in [1.165, 1.54) is 32.4 Å². The second-order valence-electron chi connectivity index (χ2n) is 3.58. The van der Waals surface area contributed by atoms with E-state index in [1.807, 2.05) is 0 Å². The molecule has 1 rings (SSSR count). The second kappa shape index (κ2) is 6.96. The summed E-state index contributed by atoms with van der Waals surface area (Å²) in [6.07, 6.45) is 0. The third kappa shape index (κ3) is 3.84. The first kappa shape index (κ1) is 15.3. The molecular weight excluding hydrogens is 274 g/mol. The molecule has 1 amide bonds. The largest absolute Gasteiger partial charge is 0.496 e. The number of nitrogens with one attached hydrogen (secondary N) is 1. The standard InChI is InChI=1S/C12H14ClNO5/c1-18-10-5-7(13)3-4-8(10)11(16)14-9(6-15)12(17)19-2/h3-5,9,15H,6H2,1-2H3,(H,14,16). The van der Waals surface area contributed by atoms with Gasteiger partial charge in [0.1, 0.15) is 5.75 Å². The van der Waals surface area contributed by atoms with Gasteiger partial charge in [0.15, 0.2) is 6.04 Å². The van der Waals surface area contributed by atoms with Crippen LogP contribution in [0.15, 0.2) is 18.2 Å². The molecule has 0 radical (unpaired) electrons. The van der Waals surface area contributed by atoms with Gasteiger partial charge in [0.25, 0.3) is 5.91 Å². The first-order valence-electron chi connectivity index (χ1n) is 5.36. The summed E-state index contributed by atoms with van der Waals surface area (Å²) < 4.78 is 9.48. The zero-order valence-electron chi connectivity index (χ0n) is 10.5. The lowest BCUT2D eigenvalue weighted by molar-refractivity contribution is -0.143. The highest BCUT2D eigenvalue weighted by molar-refractivity contribution is 6.30. The van der Waals surface area contributed by atoms with E-state index in [9.17, 15) is 9.59 Å². The molecule has 6 nitrogen and oxygen atoms in total. The first-order valence-corrected chi connectivity index (χ1v) is 5.74. The molecule has 7 heteroatoms. The van der Waals surface area contributed by atoms with E-state index in [1.54, 1.807) is 0 Å². The zero-order chi connectivity index (χ0) is 14.4. The van der Waals surface area contributed by atoms with Crippen molar-refractivity contribution in [1.82, 2.24) is 5.32 Å². The van der Waals surface area contributed by atoms with E-state index < -0.39 is 24.5 Å². The van der Waals surface area contributed by atoms with E-state index in [0.29, 0.717) is 5.02 Å². The number of amides is 1.